The van der Waals surface area contributed by atoms with Gasteiger partial charge in [-0.15, -0.1) is 0 Å². The SMILES string of the molecule is Cc1nc2cc(Cl)c(C=O)cc2n1C1CC1. The fourth-order valence-electron chi connectivity index (χ4n) is 2.14. The quantitative estimate of drug-likeness (QED) is 0.749. The second-order valence-corrected chi connectivity index (χ2v) is 4.65. The van der Waals surface area contributed by atoms with Crippen LogP contribution >= 0.6 is 11.6 Å². The van der Waals surface area contributed by atoms with E-state index in [2.05, 4.69) is 9.55 Å². The van der Waals surface area contributed by atoms with E-state index in [-0.39, 0.29) is 0 Å². The van der Waals surface area contributed by atoms with Crippen molar-refractivity contribution in [1.82, 2.24) is 9.55 Å². The summed E-state index contributed by atoms with van der Waals surface area (Å²) in [6.07, 6.45) is 3.19. The van der Waals surface area contributed by atoms with Crippen LogP contribution in [0.25, 0.3) is 11.0 Å². The van der Waals surface area contributed by atoms with Crippen molar-refractivity contribution in [2.75, 3.05) is 0 Å². The molecular formula is C12H11ClN2O. The minimum Gasteiger partial charge on any atom is -0.325 e. The van der Waals surface area contributed by atoms with E-state index in [1.54, 1.807) is 6.07 Å². The first-order valence-electron chi connectivity index (χ1n) is 5.34. The van der Waals surface area contributed by atoms with E-state index in [0.717, 1.165) is 23.1 Å². The van der Waals surface area contributed by atoms with Gasteiger partial charge in [0.1, 0.15) is 5.82 Å². The lowest BCUT2D eigenvalue weighted by Gasteiger charge is -2.04. The lowest BCUT2D eigenvalue weighted by Crippen LogP contribution is -1.96. The number of carbonyl (C=O) groups excluding carboxylic acids is 1. The molecule has 1 saturated carbocycles. The molecule has 82 valence electrons. The average molecular weight is 235 g/mol. The molecule has 0 unspecified atom stereocenters. The Morgan fingerprint density at radius 2 is 2.25 bits per heavy atom. The summed E-state index contributed by atoms with van der Waals surface area (Å²) >= 11 is 5.98. The Morgan fingerprint density at radius 3 is 2.88 bits per heavy atom. The lowest BCUT2D eigenvalue weighted by atomic mass is 10.2. The zero-order valence-corrected chi connectivity index (χ0v) is 9.66. The maximum atomic E-state index is 10.9. The van der Waals surface area contributed by atoms with Crippen molar-refractivity contribution >= 4 is 28.9 Å². The summed E-state index contributed by atoms with van der Waals surface area (Å²) in [5, 5.41) is 0.475. The highest BCUT2D eigenvalue weighted by Crippen LogP contribution is 2.39. The molecule has 16 heavy (non-hydrogen) atoms. The molecule has 0 aliphatic heterocycles. The number of aldehydes is 1. The van der Waals surface area contributed by atoms with Crippen LogP contribution in [-0.4, -0.2) is 15.8 Å². The highest BCUT2D eigenvalue weighted by atomic mass is 35.5. The number of benzene rings is 1. The molecule has 4 heteroatoms. The third-order valence-electron chi connectivity index (χ3n) is 3.02. The monoisotopic (exact) mass is 234 g/mol. The number of carbonyl (C=O) groups is 1. The Bertz CT molecular complexity index is 584. The Balaban J connectivity index is 2.33. The van der Waals surface area contributed by atoms with Crippen LogP contribution < -0.4 is 0 Å². The number of rotatable bonds is 2. The first-order chi connectivity index (χ1) is 7.70. The third-order valence-corrected chi connectivity index (χ3v) is 3.35. The fourth-order valence-corrected chi connectivity index (χ4v) is 2.34. The molecular weight excluding hydrogens is 224 g/mol. The number of nitrogens with zero attached hydrogens (tertiary/aromatic N) is 2. The summed E-state index contributed by atoms with van der Waals surface area (Å²) in [5.74, 6) is 0.997. The van der Waals surface area contributed by atoms with E-state index < -0.39 is 0 Å². The van der Waals surface area contributed by atoms with Gasteiger partial charge in [-0.2, -0.15) is 0 Å². The van der Waals surface area contributed by atoms with Crippen LogP contribution in [-0.2, 0) is 0 Å². The fraction of sp³-hybridized carbons (Fsp3) is 0.333. The molecule has 1 aromatic carbocycles. The van der Waals surface area contributed by atoms with Crippen molar-refractivity contribution in [2.45, 2.75) is 25.8 Å². The predicted molar refractivity (Wildman–Crippen MR) is 63.1 cm³/mol. The molecule has 3 nitrogen and oxygen atoms in total. The topological polar surface area (TPSA) is 34.9 Å². The van der Waals surface area contributed by atoms with Gasteiger partial charge in [-0.05, 0) is 31.9 Å². The second-order valence-electron chi connectivity index (χ2n) is 4.24. The molecule has 0 amide bonds. The van der Waals surface area contributed by atoms with Gasteiger partial charge in [0.25, 0.3) is 0 Å². The number of imidazole rings is 1. The third kappa shape index (κ3) is 1.35. The Labute approximate surface area is 98.0 Å². The van der Waals surface area contributed by atoms with Crippen molar-refractivity contribution in [1.29, 1.82) is 0 Å². The smallest absolute Gasteiger partial charge is 0.151 e. The van der Waals surface area contributed by atoms with Gasteiger partial charge >= 0.3 is 0 Å². The Morgan fingerprint density at radius 1 is 1.50 bits per heavy atom. The van der Waals surface area contributed by atoms with E-state index in [0.29, 0.717) is 16.6 Å². The normalized spacial score (nSPS) is 15.6. The van der Waals surface area contributed by atoms with Crippen LogP contribution in [0.1, 0.15) is 35.1 Å². The zero-order chi connectivity index (χ0) is 11.3. The standard InChI is InChI=1S/C12H11ClN2O/c1-7-14-11-5-10(13)8(6-16)4-12(11)15(7)9-2-3-9/h4-6,9H,2-3H2,1H3. The molecule has 1 aromatic heterocycles. The molecule has 1 aliphatic carbocycles. The molecule has 0 bridgehead atoms. The number of hydrogen-bond acceptors (Lipinski definition) is 2. The molecule has 0 atom stereocenters. The number of aromatic nitrogens is 2. The van der Waals surface area contributed by atoms with Gasteiger partial charge in [0.15, 0.2) is 6.29 Å². The van der Waals surface area contributed by atoms with Gasteiger partial charge in [0, 0.05) is 11.6 Å². The molecule has 0 saturated heterocycles. The minimum atomic E-state index is 0.475. The number of halogens is 1. The van der Waals surface area contributed by atoms with Crippen molar-refractivity contribution in [3.8, 4) is 0 Å². The summed E-state index contributed by atoms with van der Waals surface area (Å²) < 4.78 is 2.21. The number of aryl methyl sites for hydroxylation is 1. The van der Waals surface area contributed by atoms with E-state index >= 15 is 0 Å². The van der Waals surface area contributed by atoms with Gasteiger partial charge in [-0.3, -0.25) is 4.79 Å². The minimum absolute atomic E-state index is 0.475. The van der Waals surface area contributed by atoms with Crippen LogP contribution in [0.4, 0.5) is 0 Å². The maximum absolute atomic E-state index is 10.9. The van der Waals surface area contributed by atoms with Crippen LogP contribution in [0.15, 0.2) is 12.1 Å². The van der Waals surface area contributed by atoms with Gasteiger partial charge in [0.2, 0.25) is 0 Å². The molecule has 0 spiro atoms. The lowest BCUT2D eigenvalue weighted by molar-refractivity contribution is 0.112. The summed E-state index contributed by atoms with van der Waals surface area (Å²) in [6, 6.07) is 4.17. The molecule has 0 N–H and O–H groups in total. The van der Waals surface area contributed by atoms with Crippen molar-refractivity contribution in [3.05, 3.63) is 28.5 Å². The van der Waals surface area contributed by atoms with Crippen molar-refractivity contribution in [3.63, 3.8) is 0 Å². The number of fused-ring (bicyclic) bond motifs is 1. The number of hydrogen-bond donors (Lipinski definition) is 0. The molecule has 1 fully saturated rings. The van der Waals surface area contributed by atoms with Gasteiger partial charge < -0.3 is 4.57 Å². The first-order valence-corrected chi connectivity index (χ1v) is 5.72. The first kappa shape index (κ1) is 9.85. The zero-order valence-electron chi connectivity index (χ0n) is 8.90. The molecule has 1 aliphatic rings. The van der Waals surface area contributed by atoms with Crippen LogP contribution in [0.5, 0.6) is 0 Å². The predicted octanol–water partition coefficient (Wildman–Crippen LogP) is 3.15. The highest BCUT2D eigenvalue weighted by molar-refractivity contribution is 6.33. The summed E-state index contributed by atoms with van der Waals surface area (Å²) in [7, 11) is 0. The average Bonchev–Trinajstić information content (AvgIpc) is 3.01. The van der Waals surface area contributed by atoms with Crippen molar-refractivity contribution in [2.24, 2.45) is 0 Å². The summed E-state index contributed by atoms with van der Waals surface area (Å²) in [6.45, 7) is 1.99. The van der Waals surface area contributed by atoms with E-state index in [9.17, 15) is 4.79 Å². The molecule has 3 rings (SSSR count). The molecule has 0 radical (unpaired) electrons. The second kappa shape index (κ2) is 3.32. The van der Waals surface area contributed by atoms with Crippen LogP contribution in [0, 0.1) is 6.92 Å². The summed E-state index contributed by atoms with van der Waals surface area (Å²) in [5.41, 5.74) is 2.43. The van der Waals surface area contributed by atoms with Gasteiger partial charge in [-0.25, -0.2) is 4.98 Å². The molecule has 2 aromatic rings. The Hall–Kier alpha value is -1.35. The van der Waals surface area contributed by atoms with Crippen molar-refractivity contribution < 1.29 is 4.79 Å². The van der Waals surface area contributed by atoms with Crippen LogP contribution in [0.3, 0.4) is 0 Å². The van der Waals surface area contributed by atoms with E-state index in [1.165, 1.54) is 12.8 Å². The largest absolute Gasteiger partial charge is 0.325 e. The van der Waals surface area contributed by atoms with Crippen LogP contribution in [0.2, 0.25) is 5.02 Å². The highest BCUT2D eigenvalue weighted by Gasteiger charge is 2.27. The van der Waals surface area contributed by atoms with Gasteiger partial charge in [-0.1, -0.05) is 11.6 Å². The summed E-state index contributed by atoms with van der Waals surface area (Å²) in [4.78, 5) is 15.3. The maximum Gasteiger partial charge on any atom is 0.151 e. The molecule has 1 heterocycles. The van der Waals surface area contributed by atoms with E-state index in [4.69, 9.17) is 11.6 Å². The Kier molecular flexibility index (Phi) is 2.04. The van der Waals surface area contributed by atoms with Gasteiger partial charge in [0.05, 0.1) is 16.1 Å². The van der Waals surface area contributed by atoms with E-state index in [1.807, 2.05) is 13.0 Å².